The molecule has 1 atom stereocenters. The molecule has 0 aliphatic rings. The fraction of sp³-hybridized carbons (Fsp3) is 0.909. The van der Waals surface area contributed by atoms with Crippen molar-refractivity contribution in [3.63, 3.8) is 0 Å². The molecule has 0 aliphatic carbocycles. The van der Waals surface area contributed by atoms with Crippen molar-refractivity contribution in [1.29, 1.82) is 0 Å². The van der Waals surface area contributed by atoms with E-state index < -0.39 is 37.8 Å². The second-order valence-electron chi connectivity index (χ2n) is 4.67. The summed E-state index contributed by atoms with van der Waals surface area (Å²) in [6.07, 6.45) is -1.55. The number of ether oxygens (including phenoxy) is 1. The molecule has 0 rings (SSSR count). The Bertz CT molecular complexity index is 303. The summed E-state index contributed by atoms with van der Waals surface area (Å²) in [5.41, 5.74) is 0. The molecule has 0 bridgehead atoms. The minimum absolute atomic E-state index is 0.498. The maximum Gasteiger partial charge on any atom is 0.376 e. The van der Waals surface area contributed by atoms with Crippen LogP contribution in [0.25, 0.3) is 0 Å². The summed E-state index contributed by atoms with van der Waals surface area (Å²) >= 11 is 0. The first-order valence-corrected chi connectivity index (χ1v) is 7.50. The van der Waals surface area contributed by atoms with Crippen molar-refractivity contribution in [3.05, 3.63) is 0 Å². The molecule has 5 nitrogen and oxygen atoms in total. The molecule has 108 valence electrons. The third kappa shape index (κ3) is 5.94. The zero-order chi connectivity index (χ0) is 14.5. The molecular formula is C11H22FO5P. The van der Waals surface area contributed by atoms with Gasteiger partial charge in [-0.15, -0.1) is 0 Å². The molecule has 0 fully saturated rings. The molecule has 18 heavy (non-hydrogen) atoms. The van der Waals surface area contributed by atoms with Crippen molar-refractivity contribution in [1.82, 2.24) is 0 Å². The average Bonchev–Trinajstić information content (AvgIpc) is 2.12. The summed E-state index contributed by atoms with van der Waals surface area (Å²) in [7, 11) is -4.18. The Morgan fingerprint density at radius 1 is 0.944 bits per heavy atom. The van der Waals surface area contributed by atoms with Gasteiger partial charge in [0.05, 0.1) is 18.3 Å². The molecule has 0 aromatic heterocycles. The van der Waals surface area contributed by atoms with Crippen molar-refractivity contribution >= 4 is 13.6 Å². The molecule has 0 N–H and O–H groups in total. The lowest BCUT2D eigenvalue weighted by atomic mass is 10.5. The number of alkyl halides is 1. The van der Waals surface area contributed by atoms with Gasteiger partial charge in [0, 0.05) is 0 Å². The lowest BCUT2D eigenvalue weighted by Gasteiger charge is -2.24. The monoisotopic (exact) mass is 284 g/mol. The minimum Gasteiger partial charge on any atom is -0.460 e. The summed E-state index contributed by atoms with van der Waals surface area (Å²) in [6.45, 7) is 9.46. The molecule has 0 heterocycles. The van der Waals surface area contributed by atoms with Crippen molar-refractivity contribution in [2.45, 2.75) is 65.8 Å². The van der Waals surface area contributed by atoms with Crippen LogP contribution in [0.5, 0.6) is 0 Å². The second-order valence-corrected chi connectivity index (χ2v) is 6.62. The SMILES string of the molecule is CC(C)OC(=O)C(F)P(=O)(OC(C)C)OC(C)C. The van der Waals surface area contributed by atoms with Gasteiger partial charge in [-0.3, -0.25) is 4.57 Å². The lowest BCUT2D eigenvalue weighted by molar-refractivity contribution is -0.151. The van der Waals surface area contributed by atoms with Gasteiger partial charge in [0.15, 0.2) is 0 Å². The summed E-state index contributed by atoms with van der Waals surface area (Å²) < 4.78 is 40.8. The van der Waals surface area contributed by atoms with Gasteiger partial charge in [-0.05, 0) is 41.5 Å². The number of esters is 1. The van der Waals surface area contributed by atoms with Gasteiger partial charge >= 0.3 is 13.6 Å². The van der Waals surface area contributed by atoms with Gasteiger partial charge in [-0.2, -0.15) is 0 Å². The molecule has 0 spiro atoms. The van der Waals surface area contributed by atoms with Gasteiger partial charge in [-0.25, -0.2) is 9.18 Å². The number of carbonyl (C=O) groups is 1. The van der Waals surface area contributed by atoms with Crippen molar-refractivity contribution in [3.8, 4) is 0 Å². The summed E-state index contributed by atoms with van der Waals surface area (Å²) in [5.74, 6) is -3.65. The molecule has 0 amide bonds. The Balaban J connectivity index is 4.95. The van der Waals surface area contributed by atoms with Crippen molar-refractivity contribution < 1.29 is 27.5 Å². The Morgan fingerprint density at radius 2 is 1.33 bits per heavy atom. The van der Waals surface area contributed by atoms with E-state index in [1.165, 1.54) is 0 Å². The van der Waals surface area contributed by atoms with Crippen LogP contribution in [0, 0.1) is 0 Å². The normalized spacial score (nSPS) is 14.3. The molecule has 0 saturated carbocycles. The predicted molar refractivity (Wildman–Crippen MR) is 66.2 cm³/mol. The maximum atomic E-state index is 13.9. The predicted octanol–water partition coefficient (Wildman–Crippen LogP) is 3.28. The molecule has 0 aromatic rings. The third-order valence-electron chi connectivity index (χ3n) is 1.54. The van der Waals surface area contributed by atoms with E-state index in [9.17, 15) is 13.8 Å². The van der Waals surface area contributed by atoms with Gasteiger partial charge < -0.3 is 13.8 Å². The Morgan fingerprint density at radius 3 is 1.61 bits per heavy atom. The topological polar surface area (TPSA) is 61.8 Å². The largest absolute Gasteiger partial charge is 0.460 e. The summed E-state index contributed by atoms with van der Waals surface area (Å²) in [5, 5.41) is 0. The first-order chi connectivity index (χ1) is 8.08. The highest BCUT2D eigenvalue weighted by molar-refractivity contribution is 7.55. The first kappa shape index (κ1) is 17.6. The van der Waals surface area contributed by atoms with Gasteiger partial charge in [-0.1, -0.05) is 0 Å². The van der Waals surface area contributed by atoms with Crippen LogP contribution in [-0.2, 0) is 23.1 Å². The van der Waals surface area contributed by atoms with Crippen molar-refractivity contribution in [2.24, 2.45) is 0 Å². The zero-order valence-electron chi connectivity index (χ0n) is 11.7. The van der Waals surface area contributed by atoms with Crippen LogP contribution in [0.4, 0.5) is 4.39 Å². The Kier molecular flexibility index (Phi) is 7.04. The van der Waals surface area contributed by atoms with E-state index in [0.717, 1.165) is 0 Å². The number of rotatable bonds is 7. The van der Waals surface area contributed by atoms with E-state index in [0.29, 0.717) is 0 Å². The van der Waals surface area contributed by atoms with E-state index in [-0.39, 0.29) is 0 Å². The summed E-state index contributed by atoms with van der Waals surface area (Å²) in [6, 6.07) is 0. The highest BCUT2D eigenvalue weighted by Crippen LogP contribution is 2.56. The molecular weight excluding hydrogens is 262 g/mol. The van der Waals surface area contributed by atoms with E-state index in [1.54, 1.807) is 41.5 Å². The van der Waals surface area contributed by atoms with Crippen LogP contribution >= 0.6 is 7.60 Å². The van der Waals surface area contributed by atoms with Crippen LogP contribution in [0.3, 0.4) is 0 Å². The zero-order valence-corrected chi connectivity index (χ0v) is 12.6. The van der Waals surface area contributed by atoms with Crippen LogP contribution in [0.15, 0.2) is 0 Å². The second kappa shape index (κ2) is 7.22. The highest BCUT2D eigenvalue weighted by Gasteiger charge is 2.45. The number of hydrogen-bond donors (Lipinski definition) is 0. The minimum atomic E-state index is -4.18. The quantitative estimate of drug-likeness (QED) is 0.530. The average molecular weight is 284 g/mol. The van der Waals surface area contributed by atoms with Crippen molar-refractivity contribution in [2.75, 3.05) is 0 Å². The Labute approximate surface area is 108 Å². The highest BCUT2D eigenvalue weighted by atomic mass is 31.2. The smallest absolute Gasteiger partial charge is 0.376 e. The Hall–Kier alpha value is -0.450. The van der Waals surface area contributed by atoms with Gasteiger partial charge in [0.25, 0.3) is 5.91 Å². The number of hydrogen-bond acceptors (Lipinski definition) is 5. The van der Waals surface area contributed by atoms with Gasteiger partial charge in [0.2, 0.25) is 0 Å². The summed E-state index contributed by atoms with van der Waals surface area (Å²) in [4.78, 5) is 11.4. The van der Waals surface area contributed by atoms with Crippen LogP contribution in [0.1, 0.15) is 41.5 Å². The maximum absolute atomic E-state index is 13.9. The molecule has 0 aromatic carbocycles. The first-order valence-electron chi connectivity index (χ1n) is 5.89. The molecule has 1 unspecified atom stereocenters. The standard InChI is InChI=1S/C11H22FO5P/c1-7(2)15-11(13)10(12)18(14,16-8(3)4)17-9(5)6/h7-10H,1-6H3. The molecule has 0 radical (unpaired) electrons. The molecule has 7 heteroatoms. The molecule has 0 aliphatic heterocycles. The van der Waals surface area contributed by atoms with Crippen LogP contribution in [-0.4, -0.2) is 30.2 Å². The number of carbonyl (C=O) groups excluding carboxylic acids is 1. The molecule has 0 saturated heterocycles. The van der Waals surface area contributed by atoms with Crippen LogP contribution in [0.2, 0.25) is 0 Å². The fourth-order valence-corrected chi connectivity index (χ4v) is 2.89. The lowest BCUT2D eigenvalue weighted by Crippen LogP contribution is -2.26. The van der Waals surface area contributed by atoms with E-state index in [2.05, 4.69) is 4.74 Å². The van der Waals surface area contributed by atoms with Crippen LogP contribution < -0.4 is 0 Å². The van der Waals surface area contributed by atoms with E-state index in [4.69, 9.17) is 9.05 Å². The van der Waals surface area contributed by atoms with Gasteiger partial charge in [0.1, 0.15) is 0 Å². The van der Waals surface area contributed by atoms with E-state index in [1.807, 2.05) is 0 Å². The third-order valence-corrected chi connectivity index (χ3v) is 3.74. The number of halogens is 1. The fourth-order valence-electron chi connectivity index (χ4n) is 1.14. The van der Waals surface area contributed by atoms with E-state index >= 15 is 0 Å².